The third kappa shape index (κ3) is 3.60. The molecule has 90 valence electrons. The molecule has 0 fully saturated rings. The highest BCUT2D eigenvalue weighted by Gasteiger charge is 2.04. The van der Waals surface area contributed by atoms with Gasteiger partial charge in [-0.05, 0) is 5.56 Å². The average molecular weight is 251 g/mol. The molecule has 0 aliphatic rings. The van der Waals surface area contributed by atoms with Crippen molar-refractivity contribution in [2.45, 2.75) is 6.54 Å². The van der Waals surface area contributed by atoms with Crippen LogP contribution < -0.4 is 4.72 Å². The SMILES string of the molecule is CS(=O)(=O)Nc1cnn(Cc2ccccc2)c1. The molecular formula is C11H13N3O2S. The Kier molecular flexibility index (Phi) is 3.14. The maximum absolute atomic E-state index is 11.0. The van der Waals surface area contributed by atoms with E-state index in [0.717, 1.165) is 11.8 Å². The van der Waals surface area contributed by atoms with Crippen LogP contribution in [-0.2, 0) is 16.6 Å². The summed E-state index contributed by atoms with van der Waals surface area (Å²) in [6.07, 6.45) is 4.26. The number of nitrogens with one attached hydrogen (secondary N) is 1. The molecule has 0 aliphatic carbocycles. The minimum Gasteiger partial charge on any atom is -0.281 e. The molecule has 0 amide bonds. The van der Waals surface area contributed by atoms with E-state index in [9.17, 15) is 8.42 Å². The first kappa shape index (κ1) is 11.7. The summed E-state index contributed by atoms with van der Waals surface area (Å²) >= 11 is 0. The predicted molar refractivity (Wildman–Crippen MR) is 66.2 cm³/mol. The number of aromatic nitrogens is 2. The largest absolute Gasteiger partial charge is 0.281 e. The van der Waals surface area contributed by atoms with Crippen LogP contribution >= 0.6 is 0 Å². The molecule has 0 aliphatic heterocycles. The molecule has 0 spiro atoms. The lowest BCUT2D eigenvalue weighted by Crippen LogP contribution is -2.08. The summed E-state index contributed by atoms with van der Waals surface area (Å²) in [5.41, 5.74) is 1.59. The maximum atomic E-state index is 11.0. The Morgan fingerprint density at radius 2 is 2.00 bits per heavy atom. The third-order valence-corrected chi connectivity index (χ3v) is 2.73. The van der Waals surface area contributed by atoms with Crippen LogP contribution in [0.5, 0.6) is 0 Å². The minimum absolute atomic E-state index is 0.475. The van der Waals surface area contributed by atoms with Crippen molar-refractivity contribution in [1.82, 2.24) is 9.78 Å². The Morgan fingerprint density at radius 1 is 1.29 bits per heavy atom. The summed E-state index contributed by atoms with van der Waals surface area (Å²) in [5.74, 6) is 0. The summed E-state index contributed by atoms with van der Waals surface area (Å²) in [6, 6.07) is 9.84. The Morgan fingerprint density at radius 3 is 2.65 bits per heavy atom. The van der Waals surface area contributed by atoms with Crippen LogP contribution in [0.15, 0.2) is 42.7 Å². The van der Waals surface area contributed by atoms with Crippen molar-refractivity contribution in [3.63, 3.8) is 0 Å². The molecule has 2 aromatic rings. The zero-order valence-electron chi connectivity index (χ0n) is 9.37. The Labute approximate surface area is 100 Å². The summed E-state index contributed by atoms with van der Waals surface area (Å²) < 4.78 is 26.1. The van der Waals surface area contributed by atoms with E-state index in [1.807, 2.05) is 30.3 Å². The molecule has 0 saturated carbocycles. The van der Waals surface area contributed by atoms with Crippen LogP contribution in [0.2, 0.25) is 0 Å². The second-order valence-corrected chi connectivity index (χ2v) is 5.53. The number of hydrogen-bond acceptors (Lipinski definition) is 3. The van der Waals surface area contributed by atoms with E-state index in [2.05, 4.69) is 9.82 Å². The molecule has 5 nitrogen and oxygen atoms in total. The predicted octanol–water partition coefficient (Wildman–Crippen LogP) is 1.30. The highest BCUT2D eigenvalue weighted by molar-refractivity contribution is 7.92. The molecule has 0 radical (unpaired) electrons. The molecule has 0 saturated heterocycles. The quantitative estimate of drug-likeness (QED) is 0.891. The molecular weight excluding hydrogens is 238 g/mol. The second kappa shape index (κ2) is 4.58. The first-order valence-corrected chi connectivity index (χ1v) is 6.96. The number of sulfonamides is 1. The van der Waals surface area contributed by atoms with E-state index in [4.69, 9.17) is 0 Å². The van der Waals surface area contributed by atoms with Crippen molar-refractivity contribution >= 4 is 15.7 Å². The molecule has 1 aromatic carbocycles. The first-order chi connectivity index (χ1) is 8.03. The highest BCUT2D eigenvalue weighted by Crippen LogP contribution is 2.08. The molecule has 0 unspecified atom stereocenters. The van der Waals surface area contributed by atoms with Crippen LogP contribution in [0.4, 0.5) is 5.69 Å². The van der Waals surface area contributed by atoms with Gasteiger partial charge >= 0.3 is 0 Å². The maximum Gasteiger partial charge on any atom is 0.229 e. The highest BCUT2D eigenvalue weighted by atomic mass is 32.2. The van der Waals surface area contributed by atoms with Crippen molar-refractivity contribution in [2.75, 3.05) is 11.0 Å². The van der Waals surface area contributed by atoms with Gasteiger partial charge in [-0.1, -0.05) is 30.3 Å². The van der Waals surface area contributed by atoms with Crippen LogP contribution in [0.25, 0.3) is 0 Å². The smallest absolute Gasteiger partial charge is 0.229 e. The molecule has 1 aromatic heterocycles. The van der Waals surface area contributed by atoms with Gasteiger partial charge in [0.05, 0.1) is 24.7 Å². The summed E-state index contributed by atoms with van der Waals surface area (Å²) in [6.45, 7) is 0.617. The second-order valence-electron chi connectivity index (χ2n) is 3.79. The monoisotopic (exact) mass is 251 g/mol. The molecule has 1 heterocycles. The summed E-state index contributed by atoms with van der Waals surface area (Å²) in [4.78, 5) is 0. The van der Waals surface area contributed by atoms with Gasteiger partial charge in [-0.2, -0.15) is 5.10 Å². The first-order valence-electron chi connectivity index (χ1n) is 5.07. The number of nitrogens with zero attached hydrogens (tertiary/aromatic N) is 2. The molecule has 2 rings (SSSR count). The molecule has 1 N–H and O–H groups in total. The van der Waals surface area contributed by atoms with Gasteiger partial charge < -0.3 is 0 Å². The molecule has 0 bridgehead atoms. The fourth-order valence-electron chi connectivity index (χ4n) is 1.49. The third-order valence-electron chi connectivity index (χ3n) is 2.12. The lowest BCUT2D eigenvalue weighted by atomic mass is 10.2. The van der Waals surface area contributed by atoms with Gasteiger partial charge in [0, 0.05) is 6.20 Å². The molecule has 0 atom stereocenters. The van der Waals surface area contributed by atoms with Crippen LogP contribution in [-0.4, -0.2) is 24.5 Å². The topological polar surface area (TPSA) is 64.0 Å². The Hall–Kier alpha value is -1.82. The number of rotatable bonds is 4. The molecule has 6 heteroatoms. The van der Waals surface area contributed by atoms with Gasteiger partial charge in [0.25, 0.3) is 0 Å². The van der Waals surface area contributed by atoms with Gasteiger partial charge in [-0.15, -0.1) is 0 Å². The number of hydrogen-bond donors (Lipinski definition) is 1. The minimum atomic E-state index is -3.24. The van der Waals surface area contributed by atoms with Crippen LogP contribution in [0.3, 0.4) is 0 Å². The van der Waals surface area contributed by atoms with Crippen molar-refractivity contribution in [3.05, 3.63) is 48.3 Å². The van der Waals surface area contributed by atoms with E-state index in [0.29, 0.717) is 12.2 Å². The van der Waals surface area contributed by atoms with E-state index in [-0.39, 0.29) is 0 Å². The van der Waals surface area contributed by atoms with Gasteiger partial charge in [0.1, 0.15) is 0 Å². The fourth-order valence-corrected chi connectivity index (χ4v) is 2.02. The normalized spacial score (nSPS) is 11.4. The van der Waals surface area contributed by atoms with E-state index in [1.54, 1.807) is 10.9 Å². The zero-order valence-corrected chi connectivity index (χ0v) is 10.2. The Balaban J connectivity index is 2.09. The van der Waals surface area contributed by atoms with Crippen LogP contribution in [0.1, 0.15) is 5.56 Å². The van der Waals surface area contributed by atoms with Gasteiger partial charge in [0.2, 0.25) is 10.0 Å². The van der Waals surface area contributed by atoms with Gasteiger partial charge in [0.15, 0.2) is 0 Å². The number of benzene rings is 1. The van der Waals surface area contributed by atoms with Crippen molar-refractivity contribution in [2.24, 2.45) is 0 Å². The van der Waals surface area contributed by atoms with Gasteiger partial charge in [-0.3, -0.25) is 9.40 Å². The van der Waals surface area contributed by atoms with Gasteiger partial charge in [-0.25, -0.2) is 8.42 Å². The van der Waals surface area contributed by atoms with Crippen molar-refractivity contribution in [3.8, 4) is 0 Å². The lowest BCUT2D eigenvalue weighted by Gasteiger charge is -2.01. The number of anilines is 1. The standard InChI is InChI=1S/C11H13N3O2S/c1-17(15,16)13-11-7-12-14(9-11)8-10-5-3-2-4-6-10/h2-7,9,13H,8H2,1H3. The van der Waals surface area contributed by atoms with Crippen molar-refractivity contribution < 1.29 is 8.42 Å². The Bertz CT molecular complexity index is 590. The molecule has 17 heavy (non-hydrogen) atoms. The van der Waals surface area contributed by atoms with E-state index >= 15 is 0 Å². The average Bonchev–Trinajstić information content (AvgIpc) is 2.64. The lowest BCUT2D eigenvalue weighted by molar-refractivity contribution is 0.607. The van der Waals surface area contributed by atoms with E-state index in [1.165, 1.54) is 6.20 Å². The van der Waals surface area contributed by atoms with E-state index < -0.39 is 10.0 Å². The summed E-state index contributed by atoms with van der Waals surface area (Å²) in [5, 5.41) is 4.09. The summed E-state index contributed by atoms with van der Waals surface area (Å²) in [7, 11) is -3.24. The van der Waals surface area contributed by atoms with Crippen molar-refractivity contribution in [1.29, 1.82) is 0 Å². The van der Waals surface area contributed by atoms with Crippen LogP contribution in [0, 0.1) is 0 Å². The fraction of sp³-hybridized carbons (Fsp3) is 0.182. The zero-order chi connectivity index (χ0) is 12.3.